The zero-order valence-electron chi connectivity index (χ0n) is 10.7. The van der Waals surface area contributed by atoms with Crippen LogP contribution in [0.3, 0.4) is 0 Å². The number of anilines is 1. The fraction of sp³-hybridized carbons (Fsp3) is 0.308. The normalized spacial score (nSPS) is 10.4. The van der Waals surface area contributed by atoms with E-state index in [1.54, 1.807) is 30.5 Å². The van der Waals surface area contributed by atoms with E-state index in [1.807, 2.05) is 30.4 Å². The molecule has 0 amide bonds. The van der Waals surface area contributed by atoms with Crippen molar-refractivity contribution in [2.75, 3.05) is 11.9 Å². The molecule has 0 atom stereocenters. The lowest BCUT2D eigenvalue weighted by Gasteiger charge is -2.17. The molecule has 5 heteroatoms. The summed E-state index contributed by atoms with van der Waals surface area (Å²) in [7, 11) is 1.98. The summed E-state index contributed by atoms with van der Waals surface area (Å²) in [6, 6.07) is 3.67. The maximum atomic E-state index is 11.2. The smallest absolute Gasteiger partial charge is 0.161 e. The van der Waals surface area contributed by atoms with Crippen LogP contribution in [0.4, 0.5) is 5.82 Å². The Morgan fingerprint density at radius 2 is 2.17 bits per heavy atom. The van der Waals surface area contributed by atoms with E-state index in [2.05, 4.69) is 9.97 Å². The number of aromatic nitrogens is 2. The van der Waals surface area contributed by atoms with Crippen molar-refractivity contribution in [3.63, 3.8) is 0 Å². The Bertz CT molecular complexity index is 548. The van der Waals surface area contributed by atoms with Crippen LogP contribution in [0.15, 0.2) is 23.8 Å². The summed E-state index contributed by atoms with van der Waals surface area (Å²) in [5.41, 5.74) is 3.55. The third kappa shape index (κ3) is 2.73. The fourth-order valence-corrected chi connectivity index (χ4v) is 2.42. The van der Waals surface area contributed by atoms with Gasteiger partial charge in [0.25, 0.3) is 0 Å². The van der Waals surface area contributed by atoms with E-state index < -0.39 is 0 Å². The van der Waals surface area contributed by atoms with Crippen LogP contribution in [-0.4, -0.2) is 22.8 Å². The number of carbonyl (C=O) groups is 1. The second-order valence-electron chi connectivity index (χ2n) is 4.18. The summed E-state index contributed by atoms with van der Waals surface area (Å²) >= 11 is 1.65. The molecule has 2 aromatic rings. The number of hydrogen-bond donors (Lipinski definition) is 0. The van der Waals surface area contributed by atoms with Gasteiger partial charge in [0.2, 0.25) is 0 Å². The molecule has 94 valence electrons. The van der Waals surface area contributed by atoms with E-state index in [9.17, 15) is 4.79 Å². The molecule has 2 rings (SSSR count). The van der Waals surface area contributed by atoms with E-state index >= 15 is 0 Å². The van der Waals surface area contributed by atoms with Crippen LogP contribution in [0.25, 0.3) is 0 Å². The maximum Gasteiger partial charge on any atom is 0.161 e. The number of thiazole rings is 1. The lowest BCUT2D eigenvalue weighted by atomic mass is 10.2. The molecule has 4 nitrogen and oxygen atoms in total. The van der Waals surface area contributed by atoms with Gasteiger partial charge in [-0.1, -0.05) is 0 Å². The van der Waals surface area contributed by atoms with Crippen LogP contribution in [0.2, 0.25) is 0 Å². The molecule has 18 heavy (non-hydrogen) atoms. The van der Waals surface area contributed by atoms with Gasteiger partial charge in [0.15, 0.2) is 5.78 Å². The molecule has 0 fully saturated rings. The van der Waals surface area contributed by atoms with Crippen LogP contribution in [0, 0.1) is 6.92 Å². The molecule has 0 spiro atoms. The third-order valence-corrected chi connectivity index (χ3v) is 3.69. The number of pyridine rings is 1. The second-order valence-corrected chi connectivity index (χ2v) is 5.12. The number of nitrogens with zero attached hydrogens (tertiary/aromatic N) is 3. The fourth-order valence-electron chi connectivity index (χ4n) is 1.59. The second kappa shape index (κ2) is 5.27. The van der Waals surface area contributed by atoms with Gasteiger partial charge in [0.1, 0.15) is 5.82 Å². The summed E-state index contributed by atoms with van der Waals surface area (Å²) in [5, 5.41) is 0. The molecule has 0 saturated carbocycles. The van der Waals surface area contributed by atoms with E-state index in [-0.39, 0.29) is 5.78 Å². The highest BCUT2D eigenvalue weighted by molar-refractivity contribution is 7.09. The SMILES string of the molecule is CC(=O)c1ccc(N(C)Cc2scnc2C)nc1. The molecule has 0 aliphatic heterocycles. The summed E-state index contributed by atoms with van der Waals surface area (Å²) in [4.78, 5) is 23.0. The maximum absolute atomic E-state index is 11.2. The van der Waals surface area contributed by atoms with Crippen molar-refractivity contribution in [2.24, 2.45) is 0 Å². The Balaban J connectivity index is 2.12. The van der Waals surface area contributed by atoms with Crippen LogP contribution >= 0.6 is 11.3 Å². The molecular weight excluding hydrogens is 246 g/mol. The van der Waals surface area contributed by atoms with Crippen LogP contribution < -0.4 is 4.90 Å². The lowest BCUT2D eigenvalue weighted by Crippen LogP contribution is -2.17. The number of ketones is 1. The van der Waals surface area contributed by atoms with E-state index in [4.69, 9.17) is 0 Å². The van der Waals surface area contributed by atoms with Gasteiger partial charge in [-0.2, -0.15) is 0 Å². The van der Waals surface area contributed by atoms with Gasteiger partial charge >= 0.3 is 0 Å². The van der Waals surface area contributed by atoms with Gasteiger partial charge in [-0.25, -0.2) is 9.97 Å². The molecule has 0 radical (unpaired) electrons. The monoisotopic (exact) mass is 261 g/mol. The Hall–Kier alpha value is -1.75. The van der Waals surface area contributed by atoms with Gasteiger partial charge in [-0.15, -0.1) is 11.3 Å². The zero-order valence-corrected chi connectivity index (χ0v) is 11.5. The van der Waals surface area contributed by atoms with Crippen LogP contribution in [0.1, 0.15) is 27.9 Å². The molecular formula is C13H15N3OS. The molecule has 0 aliphatic carbocycles. The molecule has 0 N–H and O–H groups in total. The zero-order chi connectivity index (χ0) is 13.1. The standard InChI is InChI=1S/C13H15N3OS/c1-9-12(18-8-15-9)7-16(3)13-5-4-11(6-14-13)10(2)17/h4-6,8H,7H2,1-3H3. The largest absolute Gasteiger partial charge is 0.354 e. The van der Waals surface area contributed by atoms with Crippen molar-refractivity contribution >= 4 is 22.9 Å². The number of aryl methyl sites for hydroxylation is 1. The number of Topliss-reactive ketones (excluding diaryl/α,β-unsaturated/α-hetero) is 1. The minimum atomic E-state index is 0.0370. The predicted octanol–water partition coefficient (Wildman–Crippen LogP) is 2.69. The van der Waals surface area contributed by atoms with E-state index in [1.165, 1.54) is 4.88 Å². The number of rotatable bonds is 4. The van der Waals surface area contributed by atoms with E-state index in [0.29, 0.717) is 5.56 Å². The van der Waals surface area contributed by atoms with Crippen molar-refractivity contribution in [3.05, 3.63) is 40.0 Å². The van der Waals surface area contributed by atoms with Crippen LogP contribution in [0.5, 0.6) is 0 Å². The van der Waals surface area contributed by atoms with Crippen molar-refractivity contribution in [1.82, 2.24) is 9.97 Å². The first-order chi connectivity index (χ1) is 8.58. The molecule has 0 unspecified atom stereocenters. The molecule has 0 aromatic carbocycles. The van der Waals surface area contributed by atoms with Gasteiger partial charge in [0.05, 0.1) is 17.7 Å². The summed E-state index contributed by atoms with van der Waals surface area (Å²) < 4.78 is 0. The Kier molecular flexibility index (Phi) is 3.72. The predicted molar refractivity (Wildman–Crippen MR) is 73.2 cm³/mol. The Morgan fingerprint density at radius 3 is 2.67 bits per heavy atom. The average Bonchev–Trinajstić information content (AvgIpc) is 2.75. The highest BCUT2D eigenvalue weighted by Crippen LogP contribution is 2.18. The first kappa shape index (κ1) is 12.7. The molecule has 0 saturated heterocycles. The quantitative estimate of drug-likeness (QED) is 0.794. The van der Waals surface area contributed by atoms with Gasteiger partial charge in [-0.05, 0) is 26.0 Å². The Labute approximate surface area is 110 Å². The first-order valence-corrected chi connectivity index (χ1v) is 6.53. The van der Waals surface area contributed by atoms with Gasteiger partial charge in [0, 0.05) is 23.7 Å². The highest BCUT2D eigenvalue weighted by atomic mass is 32.1. The average molecular weight is 261 g/mol. The van der Waals surface area contributed by atoms with Crippen LogP contribution in [-0.2, 0) is 6.54 Å². The number of carbonyl (C=O) groups excluding carboxylic acids is 1. The molecule has 0 bridgehead atoms. The minimum Gasteiger partial charge on any atom is -0.354 e. The summed E-state index contributed by atoms with van der Waals surface area (Å²) in [6.07, 6.45) is 1.62. The third-order valence-electron chi connectivity index (χ3n) is 2.77. The lowest BCUT2D eigenvalue weighted by molar-refractivity contribution is 0.101. The Morgan fingerprint density at radius 1 is 1.39 bits per heavy atom. The van der Waals surface area contributed by atoms with E-state index in [0.717, 1.165) is 18.1 Å². The molecule has 2 aromatic heterocycles. The molecule has 0 aliphatic rings. The van der Waals surface area contributed by atoms with Gasteiger partial charge < -0.3 is 4.90 Å². The first-order valence-electron chi connectivity index (χ1n) is 5.65. The van der Waals surface area contributed by atoms with Crippen molar-refractivity contribution in [2.45, 2.75) is 20.4 Å². The minimum absolute atomic E-state index is 0.0370. The summed E-state index contributed by atoms with van der Waals surface area (Å²) in [6.45, 7) is 4.33. The topological polar surface area (TPSA) is 46.1 Å². The van der Waals surface area contributed by atoms with Crippen molar-refractivity contribution in [1.29, 1.82) is 0 Å². The number of hydrogen-bond acceptors (Lipinski definition) is 5. The van der Waals surface area contributed by atoms with Crippen molar-refractivity contribution in [3.8, 4) is 0 Å². The summed E-state index contributed by atoms with van der Waals surface area (Å²) in [5.74, 6) is 0.891. The highest BCUT2D eigenvalue weighted by Gasteiger charge is 2.08. The van der Waals surface area contributed by atoms with Gasteiger partial charge in [-0.3, -0.25) is 4.79 Å². The van der Waals surface area contributed by atoms with Crippen molar-refractivity contribution < 1.29 is 4.79 Å². The molecule has 2 heterocycles.